The van der Waals surface area contributed by atoms with Gasteiger partial charge in [-0.2, -0.15) is 0 Å². The Morgan fingerprint density at radius 2 is 2.17 bits per heavy atom. The van der Waals surface area contributed by atoms with Crippen molar-refractivity contribution < 1.29 is 9.59 Å². The second kappa shape index (κ2) is 5.83. The Kier molecular flexibility index (Phi) is 3.85. The normalized spacial score (nSPS) is 20.7. The minimum absolute atomic E-state index is 0.0512. The van der Waals surface area contributed by atoms with Crippen LogP contribution in [0.4, 0.5) is 0 Å². The Hall–Kier alpha value is -2.70. The molecule has 0 aliphatic carbocycles. The Morgan fingerprint density at radius 3 is 2.91 bits per heavy atom. The van der Waals surface area contributed by atoms with Gasteiger partial charge in [-0.15, -0.1) is 5.10 Å². The molecule has 0 spiro atoms. The molecule has 0 radical (unpaired) electrons. The smallest absolute Gasteiger partial charge is 0.254 e. The molecule has 1 fully saturated rings. The number of hydrogen-bond acceptors (Lipinski definition) is 4. The monoisotopic (exact) mass is 313 g/mol. The molecule has 0 bridgehead atoms. The van der Waals surface area contributed by atoms with Crippen LogP contribution in [0.5, 0.6) is 0 Å². The van der Waals surface area contributed by atoms with E-state index < -0.39 is 0 Å². The van der Waals surface area contributed by atoms with Gasteiger partial charge in [-0.05, 0) is 30.2 Å². The zero-order chi connectivity index (χ0) is 16.6. The maximum absolute atomic E-state index is 12.7. The number of aryl methyl sites for hydroxylation is 1. The molecule has 23 heavy (non-hydrogen) atoms. The van der Waals surface area contributed by atoms with Crippen LogP contribution in [-0.2, 0) is 11.8 Å². The van der Waals surface area contributed by atoms with E-state index in [1.165, 1.54) is 6.08 Å². The Labute approximate surface area is 133 Å². The van der Waals surface area contributed by atoms with E-state index in [1.807, 2.05) is 20.0 Å². The molecule has 7 nitrogen and oxygen atoms in total. The molecule has 1 saturated heterocycles. The molecule has 1 aromatic heterocycles. The van der Waals surface area contributed by atoms with Crippen LogP contribution < -0.4 is 5.32 Å². The van der Waals surface area contributed by atoms with Crippen molar-refractivity contribution in [2.45, 2.75) is 13.0 Å². The van der Waals surface area contributed by atoms with Gasteiger partial charge in [0.1, 0.15) is 5.52 Å². The predicted molar refractivity (Wildman–Crippen MR) is 85.7 cm³/mol. The molecule has 1 N–H and O–H groups in total. The molecule has 120 valence electrons. The fourth-order valence-electron chi connectivity index (χ4n) is 2.92. The molecule has 2 heterocycles. The summed E-state index contributed by atoms with van der Waals surface area (Å²) < 4.78 is 1.67. The second-order valence-corrected chi connectivity index (χ2v) is 5.92. The van der Waals surface area contributed by atoms with Crippen LogP contribution in [0.2, 0.25) is 0 Å². The fraction of sp³-hybridized carbons (Fsp3) is 0.375. The number of aromatic nitrogens is 3. The highest BCUT2D eigenvalue weighted by atomic mass is 16.2. The summed E-state index contributed by atoms with van der Waals surface area (Å²) in [6.45, 7) is 6.58. The minimum Gasteiger partial charge on any atom is -0.348 e. The second-order valence-electron chi connectivity index (χ2n) is 5.92. The topological polar surface area (TPSA) is 80.1 Å². The maximum atomic E-state index is 12.7. The minimum atomic E-state index is -0.211. The Balaban J connectivity index is 1.77. The summed E-state index contributed by atoms with van der Waals surface area (Å²) in [5, 5.41) is 10.9. The number of hydrogen-bond donors (Lipinski definition) is 1. The summed E-state index contributed by atoms with van der Waals surface area (Å²) in [6, 6.07) is 5.34. The van der Waals surface area contributed by atoms with Crippen LogP contribution >= 0.6 is 0 Å². The standard InChI is InChI=1S/C16H19N5O2/c1-4-15(22)17-13-9-21(8-10(13)2)16(23)11-5-6-14-12(7-11)18-19-20(14)3/h4-7,10,13H,1,8-9H2,2-3H3,(H,17,22)/t10-,13-/m1/s1. The highest BCUT2D eigenvalue weighted by molar-refractivity contribution is 5.97. The molecule has 0 unspecified atom stereocenters. The van der Waals surface area contributed by atoms with Gasteiger partial charge in [-0.25, -0.2) is 4.68 Å². The van der Waals surface area contributed by atoms with E-state index >= 15 is 0 Å². The first-order valence-corrected chi connectivity index (χ1v) is 7.51. The zero-order valence-corrected chi connectivity index (χ0v) is 13.2. The molecular weight excluding hydrogens is 294 g/mol. The van der Waals surface area contributed by atoms with Crippen molar-refractivity contribution in [3.63, 3.8) is 0 Å². The fourth-order valence-corrected chi connectivity index (χ4v) is 2.92. The quantitative estimate of drug-likeness (QED) is 0.847. The highest BCUT2D eigenvalue weighted by Gasteiger charge is 2.33. The van der Waals surface area contributed by atoms with Crippen molar-refractivity contribution in [2.75, 3.05) is 13.1 Å². The van der Waals surface area contributed by atoms with Crippen LogP contribution in [0.3, 0.4) is 0 Å². The SMILES string of the molecule is C=CC(=O)N[C@@H]1CN(C(=O)c2ccc3c(c2)nnn3C)C[C@H]1C. The van der Waals surface area contributed by atoms with Crippen molar-refractivity contribution in [2.24, 2.45) is 13.0 Å². The molecule has 2 aromatic rings. The molecule has 3 rings (SSSR count). The number of carbonyl (C=O) groups excluding carboxylic acids is 2. The van der Waals surface area contributed by atoms with E-state index in [0.717, 1.165) is 5.52 Å². The lowest BCUT2D eigenvalue weighted by Gasteiger charge is -2.17. The zero-order valence-electron chi connectivity index (χ0n) is 13.2. The number of nitrogens with zero attached hydrogens (tertiary/aromatic N) is 4. The van der Waals surface area contributed by atoms with Crippen LogP contribution in [0, 0.1) is 5.92 Å². The number of nitrogens with one attached hydrogen (secondary N) is 1. The summed E-state index contributed by atoms with van der Waals surface area (Å²) in [6.07, 6.45) is 1.25. The summed E-state index contributed by atoms with van der Waals surface area (Å²) >= 11 is 0. The van der Waals surface area contributed by atoms with E-state index in [9.17, 15) is 9.59 Å². The third-order valence-corrected chi connectivity index (χ3v) is 4.27. The Bertz CT molecular complexity index is 782. The average molecular weight is 313 g/mol. The van der Waals surface area contributed by atoms with Crippen molar-refractivity contribution in [1.82, 2.24) is 25.2 Å². The third-order valence-electron chi connectivity index (χ3n) is 4.27. The van der Waals surface area contributed by atoms with Crippen LogP contribution in [-0.4, -0.2) is 50.8 Å². The molecule has 2 atom stereocenters. The van der Waals surface area contributed by atoms with Gasteiger partial charge >= 0.3 is 0 Å². The molecule has 1 aliphatic heterocycles. The number of amides is 2. The molecular formula is C16H19N5O2. The van der Waals surface area contributed by atoms with Gasteiger partial charge in [0.15, 0.2) is 0 Å². The van der Waals surface area contributed by atoms with E-state index in [2.05, 4.69) is 22.2 Å². The lowest BCUT2D eigenvalue weighted by Crippen LogP contribution is -2.39. The molecule has 7 heteroatoms. The summed E-state index contributed by atoms with van der Waals surface area (Å²) in [4.78, 5) is 25.9. The molecule has 1 aromatic carbocycles. The Morgan fingerprint density at radius 1 is 1.39 bits per heavy atom. The summed E-state index contributed by atoms with van der Waals surface area (Å²) in [5.41, 5.74) is 2.16. The first-order chi connectivity index (χ1) is 11.0. The van der Waals surface area contributed by atoms with Gasteiger partial charge < -0.3 is 10.2 Å². The van der Waals surface area contributed by atoms with Gasteiger partial charge in [-0.3, -0.25) is 9.59 Å². The number of rotatable bonds is 3. The molecule has 1 aliphatic rings. The van der Waals surface area contributed by atoms with E-state index in [1.54, 1.807) is 21.7 Å². The number of fused-ring (bicyclic) bond motifs is 1. The lowest BCUT2D eigenvalue weighted by atomic mass is 10.1. The van der Waals surface area contributed by atoms with Crippen molar-refractivity contribution in [3.8, 4) is 0 Å². The predicted octanol–water partition coefficient (Wildman–Crippen LogP) is 0.731. The summed E-state index contributed by atoms with van der Waals surface area (Å²) in [5.74, 6) is -0.0695. The van der Waals surface area contributed by atoms with Gasteiger partial charge in [-0.1, -0.05) is 18.7 Å². The third kappa shape index (κ3) is 2.81. The molecule has 2 amide bonds. The first kappa shape index (κ1) is 15.2. The van der Waals surface area contributed by atoms with Crippen molar-refractivity contribution >= 4 is 22.8 Å². The summed E-state index contributed by atoms with van der Waals surface area (Å²) in [7, 11) is 1.81. The number of likely N-dealkylation sites (tertiary alicyclic amines) is 1. The van der Waals surface area contributed by atoms with E-state index in [-0.39, 0.29) is 23.8 Å². The lowest BCUT2D eigenvalue weighted by molar-refractivity contribution is -0.117. The van der Waals surface area contributed by atoms with Crippen molar-refractivity contribution in [3.05, 3.63) is 36.4 Å². The average Bonchev–Trinajstić information content (AvgIpc) is 3.10. The van der Waals surface area contributed by atoms with Crippen LogP contribution in [0.15, 0.2) is 30.9 Å². The van der Waals surface area contributed by atoms with Gasteiger partial charge in [0.25, 0.3) is 5.91 Å². The first-order valence-electron chi connectivity index (χ1n) is 7.51. The maximum Gasteiger partial charge on any atom is 0.254 e. The van der Waals surface area contributed by atoms with Crippen molar-refractivity contribution in [1.29, 1.82) is 0 Å². The van der Waals surface area contributed by atoms with Gasteiger partial charge in [0.2, 0.25) is 5.91 Å². The highest BCUT2D eigenvalue weighted by Crippen LogP contribution is 2.20. The van der Waals surface area contributed by atoms with Crippen LogP contribution in [0.1, 0.15) is 17.3 Å². The van der Waals surface area contributed by atoms with Gasteiger partial charge in [0, 0.05) is 25.7 Å². The van der Waals surface area contributed by atoms with E-state index in [0.29, 0.717) is 24.2 Å². The van der Waals surface area contributed by atoms with Crippen LogP contribution in [0.25, 0.3) is 11.0 Å². The largest absolute Gasteiger partial charge is 0.348 e. The number of carbonyl (C=O) groups is 2. The molecule has 0 saturated carbocycles. The number of benzene rings is 1. The van der Waals surface area contributed by atoms with Gasteiger partial charge in [0.05, 0.1) is 11.6 Å². The van der Waals surface area contributed by atoms with E-state index in [4.69, 9.17) is 0 Å².